The van der Waals surface area contributed by atoms with Crippen molar-refractivity contribution >= 4 is 10.8 Å². The summed E-state index contributed by atoms with van der Waals surface area (Å²) in [5.41, 5.74) is 0. The lowest BCUT2D eigenvalue weighted by molar-refractivity contribution is 0.0572. The third-order valence-corrected chi connectivity index (χ3v) is 2.79. The van der Waals surface area contributed by atoms with Gasteiger partial charge in [-0.2, -0.15) is 0 Å². The lowest BCUT2D eigenvalue weighted by atomic mass is 10.3. The van der Waals surface area contributed by atoms with Crippen LogP contribution in [-0.2, 0) is 10.8 Å². The molecule has 1 heterocycles. The molecule has 1 fully saturated rings. The molecular weight excluding hydrogens is 178 g/mol. The minimum atomic E-state index is -0.789. The van der Waals surface area contributed by atoms with Gasteiger partial charge in [0.2, 0.25) is 0 Å². The van der Waals surface area contributed by atoms with Crippen molar-refractivity contribution in [1.82, 2.24) is 4.90 Å². The molecule has 1 saturated heterocycles. The number of hydrogen-bond donors (Lipinski definition) is 2. The Morgan fingerprint density at radius 3 is 2.33 bits per heavy atom. The van der Waals surface area contributed by atoms with E-state index in [0.29, 0.717) is 25.4 Å². The lowest BCUT2D eigenvalue weighted by Crippen LogP contribution is -2.26. The molecule has 0 bridgehead atoms. The van der Waals surface area contributed by atoms with E-state index in [1.165, 1.54) is 0 Å². The van der Waals surface area contributed by atoms with E-state index in [9.17, 15) is 4.21 Å². The Kier molecular flexibility index (Phi) is 3.64. The number of likely N-dealkylation sites (tertiary alicyclic amines) is 1. The van der Waals surface area contributed by atoms with Gasteiger partial charge in [-0.25, -0.2) is 0 Å². The van der Waals surface area contributed by atoms with E-state index in [4.69, 9.17) is 10.2 Å². The van der Waals surface area contributed by atoms with E-state index in [2.05, 4.69) is 0 Å². The fourth-order valence-corrected chi connectivity index (χ4v) is 1.80. The van der Waals surface area contributed by atoms with E-state index >= 15 is 0 Å². The zero-order valence-electron chi connectivity index (χ0n) is 7.14. The van der Waals surface area contributed by atoms with Gasteiger partial charge in [0.05, 0.1) is 12.2 Å². The van der Waals surface area contributed by atoms with Crippen molar-refractivity contribution in [3.63, 3.8) is 0 Å². The second-order valence-electron chi connectivity index (χ2n) is 3.17. The summed E-state index contributed by atoms with van der Waals surface area (Å²) < 4.78 is 10.7. The fourth-order valence-electron chi connectivity index (χ4n) is 1.29. The summed E-state index contributed by atoms with van der Waals surface area (Å²) in [6.45, 7) is 1.69. The molecule has 4 nitrogen and oxygen atoms in total. The molecular formula is C7H15NO3S. The molecule has 0 radical (unpaired) electrons. The van der Waals surface area contributed by atoms with Crippen LogP contribution in [0.2, 0.25) is 0 Å². The van der Waals surface area contributed by atoms with E-state index in [1.807, 2.05) is 4.90 Å². The SMILES string of the molecule is CS(=O)CCN1C[C@@H](O)[C@@H](O)C1. The zero-order valence-corrected chi connectivity index (χ0v) is 7.96. The quantitative estimate of drug-likeness (QED) is 0.567. The van der Waals surface area contributed by atoms with Crippen LogP contribution < -0.4 is 0 Å². The van der Waals surface area contributed by atoms with Crippen LogP contribution in [0.25, 0.3) is 0 Å². The molecule has 72 valence electrons. The van der Waals surface area contributed by atoms with Crippen LogP contribution in [0.1, 0.15) is 0 Å². The van der Waals surface area contributed by atoms with Gasteiger partial charge in [-0.15, -0.1) is 0 Å². The van der Waals surface area contributed by atoms with E-state index < -0.39 is 23.0 Å². The second kappa shape index (κ2) is 4.32. The van der Waals surface area contributed by atoms with Crippen molar-refractivity contribution in [1.29, 1.82) is 0 Å². The maximum Gasteiger partial charge on any atom is 0.0938 e. The number of β-amino-alcohol motifs (C(OH)–C–C–N with tert-alkyl or cyclic N) is 2. The van der Waals surface area contributed by atoms with Gasteiger partial charge in [0.15, 0.2) is 0 Å². The highest BCUT2D eigenvalue weighted by atomic mass is 32.2. The van der Waals surface area contributed by atoms with Crippen LogP contribution in [0.15, 0.2) is 0 Å². The first-order chi connectivity index (χ1) is 5.59. The lowest BCUT2D eigenvalue weighted by Gasteiger charge is -2.12. The zero-order chi connectivity index (χ0) is 9.14. The third kappa shape index (κ3) is 2.82. The Morgan fingerprint density at radius 2 is 1.92 bits per heavy atom. The van der Waals surface area contributed by atoms with Gasteiger partial charge in [-0.3, -0.25) is 9.11 Å². The topological polar surface area (TPSA) is 60.8 Å². The average Bonchev–Trinajstić information content (AvgIpc) is 2.28. The van der Waals surface area contributed by atoms with Crippen LogP contribution in [0, 0.1) is 0 Å². The maximum absolute atomic E-state index is 10.7. The largest absolute Gasteiger partial charge is 0.389 e. The Bertz CT molecular complexity index is 166. The minimum absolute atomic E-state index is 0.498. The summed E-state index contributed by atoms with van der Waals surface area (Å²) in [5, 5.41) is 18.3. The average molecular weight is 193 g/mol. The van der Waals surface area contributed by atoms with E-state index in [0.717, 1.165) is 0 Å². The Hall–Kier alpha value is 0.0300. The van der Waals surface area contributed by atoms with Crippen molar-refractivity contribution in [3.8, 4) is 0 Å². The number of nitrogens with zero attached hydrogens (tertiary/aromatic N) is 1. The first-order valence-electron chi connectivity index (χ1n) is 3.98. The highest BCUT2D eigenvalue weighted by Crippen LogP contribution is 2.08. The fraction of sp³-hybridized carbons (Fsp3) is 1.00. The summed E-state index contributed by atoms with van der Waals surface area (Å²) >= 11 is 0. The molecule has 1 aliphatic heterocycles. The normalized spacial score (nSPS) is 33.9. The molecule has 0 aromatic carbocycles. The van der Waals surface area contributed by atoms with Crippen LogP contribution >= 0.6 is 0 Å². The Labute approximate surface area is 74.6 Å². The molecule has 3 atom stereocenters. The summed E-state index contributed by atoms with van der Waals surface area (Å²) in [4.78, 5) is 1.93. The van der Waals surface area contributed by atoms with E-state index in [1.54, 1.807) is 6.26 Å². The minimum Gasteiger partial charge on any atom is -0.389 e. The monoisotopic (exact) mass is 193 g/mol. The van der Waals surface area contributed by atoms with Crippen LogP contribution in [0.5, 0.6) is 0 Å². The molecule has 1 unspecified atom stereocenters. The Balaban J connectivity index is 2.23. The smallest absolute Gasteiger partial charge is 0.0938 e. The van der Waals surface area contributed by atoms with Crippen molar-refractivity contribution < 1.29 is 14.4 Å². The predicted octanol–water partition coefficient (Wildman–Crippen LogP) is -1.60. The van der Waals surface area contributed by atoms with Crippen LogP contribution in [0.4, 0.5) is 0 Å². The number of rotatable bonds is 3. The van der Waals surface area contributed by atoms with Gasteiger partial charge < -0.3 is 10.2 Å². The van der Waals surface area contributed by atoms with E-state index in [-0.39, 0.29) is 0 Å². The Morgan fingerprint density at radius 1 is 1.42 bits per heavy atom. The van der Waals surface area contributed by atoms with Crippen molar-refractivity contribution in [2.45, 2.75) is 12.2 Å². The molecule has 1 rings (SSSR count). The van der Waals surface area contributed by atoms with Crippen molar-refractivity contribution in [2.75, 3.05) is 31.6 Å². The van der Waals surface area contributed by atoms with Crippen molar-refractivity contribution in [2.24, 2.45) is 0 Å². The molecule has 0 amide bonds. The van der Waals surface area contributed by atoms with Gasteiger partial charge >= 0.3 is 0 Å². The van der Waals surface area contributed by atoms with Crippen LogP contribution in [-0.4, -0.2) is 63.2 Å². The molecule has 12 heavy (non-hydrogen) atoms. The summed E-state index contributed by atoms with van der Waals surface area (Å²) in [6, 6.07) is 0. The molecule has 0 aromatic heterocycles. The first kappa shape index (κ1) is 10.1. The highest BCUT2D eigenvalue weighted by Gasteiger charge is 2.28. The molecule has 0 aliphatic carbocycles. The van der Waals surface area contributed by atoms with Gasteiger partial charge in [0.25, 0.3) is 0 Å². The van der Waals surface area contributed by atoms with Crippen molar-refractivity contribution in [3.05, 3.63) is 0 Å². The molecule has 0 aromatic rings. The molecule has 1 aliphatic rings. The first-order valence-corrected chi connectivity index (χ1v) is 5.71. The standard InChI is InChI=1S/C7H15NO3S/c1-12(11)3-2-8-4-6(9)7(10)5-8/h6-7,9-10H,2-5H2,1H3/t6-,7+,12?. The third-order valence-electron chi connectivity index (χ3n) is 2.03. The number of aliphatic hydroxyl groups excluding tert-OH is 2. The molecule has 0 saturated carbocycles. The van der Waals surface area contributed by atoms with Gasteiger partial charge in [0, 0.05) is 42.4 Å². The molecule has 0 spiro atoms. The number of hydrogen-bond acceptors (Lipinski definition) is 4. The summed E-state index contributed by atoms with van der Waals surface area (Å²) in [5.74, 6) is 0.611. The number of aliphatic hydroxyl groups is 2. The molecule has 2 N–H and O–H groups in total. The summed E-state index contributed by atoms with van der Waals surface area (Å²) in [6.07, 6.45) is 0.397. The van der Waals surface area contributed by atoms with Gasteiger partial charge in [-0.05, 0) is 0 Å². The predicted molar refractivity (Wildman–Crippen MR) is 47.4 cm³/mol. The molecule has 5 heteroatoms. The van der Waals surface area contributed by atoms with Gasteiger partial charge in [0.1, 0.15) is 0 Å². The second-order valence-corrected chi connectivity index (χ2v) is 4.73. The van der Waals surface area contributed by atoms with Gasteiger partial charge in [-0.1, -0.05) is 0 Å². The highest BCUT2D eigenvalue weighted by molar-refractivity contribution is 7.84. The van der Waals surface area contributed by atoms with Crippen LogP contribution in [0.3, 0.4) is 0 Å². The summed E-state index contributed by atoms with van der Waals surface area (Å²) in [7, 11) is -0.789. The maximum atomic E-state index is 10.7.